The molecule has 3 aliphatic heterocycles. The van der Waals surface area contributed by atoms with Gasteiger partial charge in [0.25, 0.3) is 11.8 Å². The summed E-state index contributed by atoms with van der Waals surface area (Å²) in [5.41, 5.74) is 4.64. The van der Waals surface area contributed by atoms with Gasteiger partial charge in [0.2, 0.25) is 6.17 Å². The van der Waals surface area contributed by atoms with Crippen molar-refractivity contribution in [3.8, 4) is 17.7 Å². The second-order valence-electron chi connectivity index (χ2n) is 9.90. The van der Waals surface area contributed by atoms with Crippen LogP contribution in [0.25, 0.3) is 11.6 Å². The van der Waals surface area contributed by atoms with Crippen LogP contribution in [-0.2, 0) is 9.53 Å². The Hall–Kier alpha value is -5.08. The van der Waals surface area contributed by atoms with Gasteiger partial charge in [-0.15, -0.1) is 5.10 Å². The van der Waals surface area contributed by atoms with Crippen LogP contribution in [0, 0.1) is 11.3 Å². The molecule has 3 aliphatic rings. The number of rotatable bonds is 5. The van der Waals surface area contributed by atoms with Gasteiger partial charge in [-0.05, 0) is 25.0 Å². The molecular formula is C29H24N8O3. The van der Waals surface area contributed by atoms with Crippen LogP contribution in [0.2, 0.25) is 0 Å². The number of carbonyl (C=O) groups is 1. The summed E-state index contributed by atoms with van der Waals surface area (Å²) < 4.78 is 12.0. The van der Waals surface area contributed by atoms with E-state index in [1.54, 1.807) is 6.07 Å². The van der Waals surface area contributed by atoms with E-state index in [0.29, 0.717) is 35.7 Å². The molecule has 7 rings (SSSR count). The number of ether oxygens (including phenoxy) is 1. The number of para-hydroxylation sites is 1. The highest BCUT2D eigenvalue weighted by atomic mass is 16.5. The highest BCUT2D eigenvalue weighted by Crippen LogP contribution is 2.35. The van der Waals surface area contributed by atoms with Crippen LogP contribution in [0.15, 0.2) is 76.3 Å². The van der Waals surface area contributed by atoms with Crippen LogP contribution in [0.3, 0.4) is 0 Å². The van der Waals surface area contributed by atoms with Crippen LogP contribution < -0.4 is 15.5 Å². The average molecular weight is 533 g/mol. The van der Waals surface area contributed by atoms with Gasteiger partial charge in [-0.25, -0.2) is 9.98 Å². The van der Waals surface area contributed by atoms with Gasteiger partial charge in [-0.2, -0.15) is 5.26 Å². The lowest BCUT2D eigenvalue weighted by molar-refractivity contribution is -0.116. The van der Waals surface area contributed by atoms with E-state index in [0.717, 1.165) is 29.7 Å². The normalized spacial score (nSPS) is 21.6. The Balaban J connectivity index is 1.21. The number of nitrogens with one attached hydrogen (secondary N) is 2. The number of carbonyl (C=O) groups excluding carboxylic acids is 1. The maximum Gasteiger partial charge on any atom is 0.317 e. The molecule has 5 heterocycles. The Kier molecular flexibility index (Phi) is 5.94. The summed E-state index contributed by atoms with van der Waals surface area (Å²) in [6.45, 7) is 1.39. The quantitative estimate of drug-likeness (QED) is 0.394. The number of benzene rings is 2. The van der Waals surface area contributed by atoms with Crippen molar-refractivity contribution in [1.82, 2.24) is 15.2 Å². The highest BCUT2D eigenvalue weighted by Gasteiger charge is 2.35. The molecule has 2 fully saturated rings. The largest absolute Gasteiger partial charge is 0.402 e. The van der Waals surface area contributed by atoms with Gasteiger partial charge in [0.05, 0.1) is 34.9 Å². The number of nitrogens with zero attached hydrogens (tertiary/aromatic N) is 6. The fraction of sp³-hybridized carbons (Fsp3) is 0.241. The highest BCUT2D eigenvalue weighted by molar-refractivity contribution is 6.19. The number of fused-ring (bicyclic) bond motifs is 3. The van der Waals surface area contributed by atoms with E-state index in [2.05, 4.69) is 36.8 Å². The lowest BCUT2D eigenvalue weighted by atomic mass is 10.0. The first-order valence-electron chi connectivity index (χ1n) is 13.1. The number of aliphatic imine (C=N–C) groups is 1. The number of nitriles is 1. The maximum absolute atomic E-state index is 13.2. The number of amides is 1. The Morgan fingerprint density at radius 3 is 2.60 bits per heavy atom. The second kappa shape index (κ2) is 9.91. The molecule has 11 heteroatoms. The van der Waals surface area contributed by atoms with Crippen molar-refractivity contribution in [2.75, 3.05) is 28.6 Å². The molecule has 1 amide bonds. The molecule has 2 bridgehead atoms. The molecule has 2 aromatic heterocycles. The number of hydrogen-bond donors (Lipinski definition) is 2. The van der Waals surface area contributed by atoms with Crippen molar-refractivity contribution in [2.24, 2.45) is 4.99 Å². The van der Waals surface area contributed by atoms with E-state index in [1.807, 2.05) is 54.6 Å². The first-order chi connectivity index (χ1) is 19.6. The fourth-order valence-electron chi connectivity index (χ4n) is 5.41. The zero-order chi connectivity index (χ0) is 27.1. The summed E-state index contributed by atoms with van der Waals surface area (Å²) in [6.07, 6.45) is 2.76. The number of pyridine rings is 1. The summed E-state index contributed by atoms with van der Waals surface area (Å²) in [5.74, 6) is -0.190. The maximum atomic E-state index is 13.2. The molecule has 2 N–H and O–H groups in total. The minimum atomic E-state index is -1.03. The lowest BCUT2D eigenvalue weighted by Gasteiger charge is -2.34. The molecular weight excluding hydrogens is 508 g/mol. The van der Waals surface area contributed by atoms with E-state index in [1.165, 1.54) is 6.20 Å². The molecule has 4 aromatic rings. The molecule has 3 atom stereocenters. The second-order valence-corrected chi connectivity index (χ2v) is 9.90. The first kappa shape index (κ1) is 24.0. The summed E-state index contributed by atoms with van der Waals surface area (Å²) in [4.78, 5) is 24.6. The van der Waals surface area contributed by atoms with E-state index >= 15 is 0 Å². The first-order valence-corrected chi connectivity index (χ1v) is 13.1. The number of benzodiazepines with no additional fused rings is 1. The average Bonchev–Trinajstić information content (AvgIpc) is 3.56. The van der Waals surface area contributed by atoms with Gasteiger partial charge in [0.15, 0.2) is 5.69 Å². The molecule has 0 saturated carbocycles. The topological polar surface area (TPSA) is 142 Å². The van der Waals surface area contributed by atoms with E-state index in [-0.39, 0.29) is 30.0 Å². The Morgan fingerprint density at radius 1 is 1.02 bits per heavy atom. The van der Waals surface area contributed by atoms with E-state index < -0.39 is 6.17 Å². The van der Waals surface area contributed by atoms with Crippen LogP contribution in [-0.4, -0.2) is 58.3 Å². The zero-order valence-electron chi connectivity index (χ0n) is 21.3. The third-order valence-electron chi connectivity index (χ3n) is 7.26. The number of anilines is 3. The number of hydrogen-bond acceptors (Lipinski definition) is 10. The molecule has 0 spiro atoms. The van der Waals surface area contributed by atoms with Gasteiger partial charge in [0, 0.05) is 30.4 Å². The van der Waals surface area contributed by atoms with Gasteiger partial charge in [0.1, 0.15) is 6.07 Å². The van der Waals surface area contributed by atoms with Gasteiger partial charge in [-0.3, -0.25) is 4.79 Å². The van der Waals surface area contributed by atoms with Gasteiger partial charge < -0.3 is 24.7 Å². The number of aromatic nitrogens is 3. The van der Waals surface area contributed by atoms with Crippen molar-refractivity contribution in [3.05, 3.63) is 83.6 Å². The Bertz CT molecular complexity index is 1650. The molecule has 2 saturated heterocycles. The van der Waals surface area contributed by atoms with E-state index in [9.17, 15) is 10.1 Å². The Morgan fingerprint density at radius 2 is 1.80 bits per heavy atom. The zero-order valence-corrected chi connectivity index (χ0v) is 21.3. The summed E-state index contributed by atoms with van der Waals surface area (Å²) >= 11 is 0. The third-order valence-corrected chi connectivity index (χ3v) is 7.26. The molecule has 40 heavy (non-hydrogen) atoms. The van der Waals surface area contributed by atoms with Crippen molar-refractivity contribution in [1.29, 1.82) is 5.26 Å². The van der Waals surface area contributed by atoms with Crippen LogP contribution in [0.4, 0.5) is 17.4 Å². The minimum Gasteiger partial charge on any atom is -0.402 e. The molecule has 198 valence electrons. The fourth-order valence-corrected chi connectivity index (χ4v) is 5.41. The minimum absolute atomic E-state index is 0.0245. The van der Waals surface area contributed by atoms with Crippen molar-refractivity contribution in [3.63, 3.8) is 0 Å². The smallest absolute Gasteiger partial charge is 0.317 e. The van der Waals surface area contributed by atoms with Crippen molar-refractivity contribution in [2.45, 2.75) is 31.2 Å². The Labute approximate surface area is 229 Å². The van der Waals surface area contributed by atoms with Crippen LogP contribution in [0.5, 0.6) is 0 Å². The standard InChI is InChI=1S/C29H24N8O3/c30-13-17-12-23(37-15-19-10-11-20(16-37)39-19)25(31-14-17)28-35-36-29(40-28)34-26-27(38)32-22-9-5-4-8-21(22)24(33-26)18-6-2-1-3-7-18/h1-9,12,14,19-20,26H,10-11,15-16H2,(H,32,38)(H,34,36)/t19?,20?,26-/m1/s1. The molecule has 2 aromatic carbocycles. The third kappa shape index (κ3) is 4.44. The monoisotopic (exact) mass is 532 g/mol. The number of morpholine rings is 1. The lowest BCUT2D eigenvalue weighted by Crippen LogP contribution is -2.43. The summed E-state index contributed by atoms with van der Waals surface area (Å²) in [5, 5.41) is 23.8. The molecule has 11 nitrogen and oxygen atoms in total. The van der Waals surface area contributed by atoms with Gasteiger partial charge in [-0.1, -0.05) is 53.6 Å². The van der Waals surface area contributed by atoms with E-state index in [4.69, 9.17) is 14.1 Å². The van der Waals surface area contributed by atoms with Crippen molar-refractivity contribution >= 4 is 29.0 Å². The van der Waals surface area contributed by atoms with Crippen molar-refractivity contribution < 1.29 is 13.9 Å². The summed E-state index contributed by atoms with van der Waals surface area (Å²) in [7, 11) is 0. The van der Waals surface area contributed by atoms with Crippen LogP contribution >= 0.6 is 0 Å². The molecule has 0 aliphatic carbocycles. The van der Waals surface area contributed by atoms with Crippen LogP contribution in [0.1, 0.15) is 29.5 Å². The predicted octanol–water partition coefficient (Wildman–Crippen LogP) is 3.60. The molecule has 2 unspecified atom stereocenters. The molecule has 0 radical (unpaired) electrons. The van der Waals surface area contributed by atoms with Gasteiger partial charge >= 0.3 is 6.01 Å². The predicted molar refractivity (Wildman–Crippen MR) is 147 cm³/mol. The summed E-state index contributed by atoms with van der Waals surface area (Å²) in [6, 6.07) is 21.2. The SMILES string of the molecule is N#Cc1cnc(-c2nnc(N[C@H]3N=C(c4ccccc4)c4ccccc4NC3=O)o2)c(N2CC3CCC(C2)O3)c1.